The van der Waals surface area contributed by atoms with Gasteiger partial charge in [0.2, 0.25) is 5.91 Å². The number of hydrogen-bond acceptors (Lipinski definition) is 2. The van der Waals surface area contributed by atoms with Crippen LogP contribution in [0, 0.1) is 0 Å². The largest absolute Gasteiger partial charge is 0.519 e. The maximum Gasteiger partial charge on any atom is 0.519 e. The molecule has 1 aromatic carbocycles. The molecular weight excluding hydrogens is 378 g/mol. The second-order valence-corrected chi connectivity index (χ2v) is 12.8. The second-order valence-electron chi connectivity index (χ2n) is 5.65. The van der Waals surface area contributed by atoms with Crippen molar-refractivity contribution in [2.24, 2.45) is 5.84 Å². The SMILES string of the molecule is [CH3][Al]([I])[N](N)C(=O)C1(c2ccccc2)CCCCCC1. The number of rotatable bonds is 3. The molecule has 2 N–H and O–H groups in total. The zero-order valence-electron chi connectivity index (χ0n) is 12.0. The van der Waals surface area contributed by atoms with Gasteiger partial charge in [-0.25, -0.2) is 0 Å². The van der Waals surface area contributed by atoms with E-state index in [1.54, 1.807) is 3.99 Å². The molecule has 1 aliphatic carbocycles. The monoisotopic (exact) mass is 400 g/mol. The van der Waals surface area contributed by atoms with E-state index in [9.17, 15) is 4.79 Å². The number of hydrogen-bond donors (Lipinski definition) is 1. The van der Waals surface area contributed by atoms with Crippen molar-refractivity contribution in [1.82, 2.24) is 3.99 Å². The molecule has 0 unspecified atom stereocenters. The Bertz CT molecular complexity index is 444. The molecule has 1 aliphatic rings. The van der Waals surface area contributed by atoms with Crippen LogP contribution in [0.15, 0.2) is 30.3 Å². The Balaban J connectivity index is 2.41. The van der Waals surface area contributed by atoms with Crippen LogP contribution in [-0.4, -0.2) is 21.0 Å². The normalized spacial score (nSPS) is 18.1. The Labute approximate surface area is 137 Å². The van der Waals surface area contributed by atoms with Crippen LogP contribution in [0.1, 0.15) is 44.1 Å². The third kappa shape index (κ3) is 3.38. The summed E-state index contributed by atoms with van der Waals surface area (Å²) >= 11 is 0.991. The van der Waals surface area contributed by atoms with Gasteiger partial charge >= 0.3 is 11.1 Å². The van der Waals surface area contributed by atoms with E-state index in [0.29, 0.717) is 0 Å². The first-order valence-electron chi connectivity index (χ1n) is 7.36. The smallest absolute Gasteiger partial charge is 0.362 e. The molecule has 1 saturated carbocycles. The molecule has 0 heterocycles. The van der Waals surface area contributed by atoms with Crippen LogP contribution < -0.4 is 5.84 Å². The van der Waals surface area contributed by atoms with Gasteiger partial charge in [0.25, 0.3) is 0 Å². The van der Waals surface area contributed by atoms with Crippen molar-refractivity contribution in [3.63, 3.8) is 0 Å². The quantitative estimate of drug-likeness (QED) is 0.211. The zero-order chi connectivity index (χ0) is 14.6. The molecule has 0 bridgehead atoms. The van der Waals surface area contributed by atoms with Gasteiger partial charge in [0.05, 0.1) is 5.41 Å². The minimum absolute atomic E-state index is 0.138. The third-order valence-electron chi connectivity index (χ3n) is 4.31. The molecule has 0 saturated heterocycles. The summed E-state index contributed by atoms with van der Waals surface area (Å²) in [5.74, 6) is 8.33. The molecule has 2 rings (SSSR count). The fourth-order valence-corrected chi connectivity index (χ4v) is 4.45. The van der Waals surface area contributed by atoms with E-state index in [0.717, 1.165) is 31.2 Å². The number of nitrogens with two attached hydrogens (primary N) is 1. The number of nitrogens with zero attached hydrogens (tertiary/aromatic N) is 1. The summed E-state index contributed by atoms with van der Waals surface area (Å²) < 4.78 is 1.55. The zero-order valence-corrected chi connectivity index (χ0v) is 15.3. The average Bonchev–Trinajstić information content (AvgIpc) is 2.73. The van der Waals surface area contributed by atoms with Gasteiger partial charge in [-0.05, 0) is 18.4 Å². The number of carbonyl (C=O) groups excluding carboxylic acids is 1. The highest BCUT2D eigenvalue weighted by Gasteiger charge is 2.43. The Morgan fingerprint density at radius 1 is 1.20 bits per heavy atom. The van der Waals surface area contributed by atoms with E-state index in [1.807, 2.05) is 18.2 Å². The molecule has 0 spiro atoms. The molecule has 108 valence electrons. The maximum atomic E-state index is 13.0. The van der Waals surface area contributed by atoms with Crippen molar-refractivity contribution in [3.05, 3.63) is 35.9 Å². The van der Waals surface area contributed by atoms with Crippen molar-refractivity contribution in [2.45, 2.75) is 49.7 Å². The average molecular weight is 400 g/mol. The fraction of sp³-hybridized carbons (Fsp3) is 0.533. The van der Waals surface area contributed by atoms with Gasteiger partial charge < -0.3 is 3.99 Å². The predicted molar refractivity (Wildman–Crippen MR) is 92.5 cm³/mol. The molecule has 0 atom stereocenters. The van der Waals surface area contributed by atoms with E-state index in [1.165, 1.54) is 12.8 Å². The van der Waals surface area contributed by atoms with Crippen molar-refractivity contribution in [2.75, 3.05) is 0 Å². The number of benzene rings is 1. The lowest BCUT2D eigenvalue weighted by atomic mass is 9.73. The summed E-state index contributed by atoms with van der Waals surface area (Å²) in [4.78, 5) is 13.0. The van der Waals surface area contributed by atoms with E-state index in [-0.39, 0.29) is 11.3 Å². The summed E-state index contributed by atoms with van der Waals surface area (Å²) in [5, 5.41) is 0. The summed E-state index contributed by atoms with van der Waals surface area (Å²) in [6.45, 7) is 0. The Hall–Kier alpha value is -0.0875. The minimum atomic E-state index is -1.34. The maximum absolute atomic E-state index is 13.0. The lowest BCUT2D eigenvalue weighted by Gasteiger charge is -2.36. The Kier molecular flexibility index (Phi) is 5.91. The predicted octanol–water partition coefficient (Wildman–Crippen LogP) is 3.53. The molecule has 1 aromatic rings. The van der Waals surface area contributed by atoms with Gasteiger partial charge in [-0.2, -0.15) is 20.3 Å². The van der Waals surface area contributed by atoms with Crippen LogP contribution in [0.3, 0.4) is 0 Å². The van der Waals surface area contributed by atoms with Crippen LogP contribution in [0.5, 0.6) is 0 Å². The van der Waals surface area contributed by atoms with Crippen LogP contribution >= 0.6 is 20.3 Å². The van der Waals surface area contributed by atoms with Crippen molar-refractivity contribution < 1.29 is 4.79 Å². The van der Waals surface area contributed by atoms with Crippen LogP contribution in [0.25, 0.3) is 0 Å². The molecule has 0 radical (unpaired) electrons. The van der Waals surface area contributed by atoms with Crippen LogP contribution in [0.2, 0.25) is 5.79 Å². The van der Waals surface area contributed by atoms with E-state index in [2.05, 4.69) is 38.2 Å². The lowest BCUT2D eigenvalue weighted by Crippen LogP contribution is -2.53. The van der Waals surface area contributed by atoms with Crippen molar-refractivity contribution >= 4 is 37.3 Å². The molecule has 20 heavy (non-hydrogen) atoms. The van der Waals surface area contributed by atoms with Gasteiger partial charge in [-0.3, -0.25) is 10.6 Å². The molecule has 0 aromatic heterocycles. The van der Waals surface area contributed by atoms with Crippen LogP contribution in [-0.2, 0) is 10.2 Å². The molecule has 3 nitrogen and oxygen atoms in total. The fourth-order valence-electron chi connectivity index (χ4n) is 3.12. The van der Waals surface area contributed by atoms with E-state index in [4.69, 9.17) is 5.84 Å². The van der Waals surface area contributed by atoms with E-state index < -0.39 is 11.1 Å². The minimum Gasteiger partial charge on any atom is -0.362 e. The summed E-state index contributed by atoms with van der Waals surface area (Å²) in [7, 11) is 0. The first kappa shape index (κ1) is 16.3. The van der Waals surface area contributed by atoms with Gasteiger partial charge in [0.1, 0.15) is 0 Å². The highest BCUT2D eigenvalue weighted by Crippen LogP contribution is 2.39. The van der Waals surface area contributed by atoms with Gasteiger partial charge in [0.15, 0.2) is 0 Å². The van der Waals surface area contributed by atoms with E-state index >= 15 is 0 Å². The highest BCUT2D eigenvalue weighted by atomic mass is 127. The van der Waals surface area contributed by atoms with Crippen molar-refractivity contribution in [3.8, 4) is 0 Å². The first-order chi connectivity index (χ1) is 9.58. The Morgan fingerprint density at radius 2 is 1.75 bits per heavy atom. The number of halogens is 1. The molecule has 0 aliphatic heterocycles. The summed E-state index contributed by atoms with van der Waals surface area (Å²) in [5.41, 5.74) is 0.757. The second kappa shape index (κ2) is 7.26. The lowest BCUT2D eigenvalue weighted by molar-refractivity contribution is -0.133. The topological polar surface area (TPSA) is 46.3 Å². The molecular formula is C15H22AlIN2O. The van der Waals surface area contributed by atoms with Crippen molar-refractivity contribution in [1.29, 1.82) is 0 Å². The molecule has 1 fully saturated rings. The summed E-state index contributed by atoms with van der Waals surface area (Å²) in [6, 6.07) is 10.3. The summed E-state index contributed by atoms with van der Waals surface area (Å²) in [6.07, 6.45) is 6.55. The van der Waals surface area contributed by atoms with Gasteiger partial charge in [-0.1, -0.05) is 61.8 Å². The number of amides is 1. The number of carbonyl (C=O) groups is 1. The first-order valence-corrected chi connectivity index (χ1v) is 13.2. The molecule has 5 heteroatoms. The Morgan fingerprint density at radius 3 is 2.25 bits per heavy atom. The van der Waals surface area contributed by atoms with Gasteiger partial charge in [0, 0.05) is 0 Å². The number of hydrazine groups is 1. The molecule has 1 amide bonds. The van der Waals surface area contributed by atoms with Crippen LogP contribution in [0.4, 0.5) is 0 Å². The standard InChI is InChI=1S/C14H20N2O.CH3.Al.HI/c15-16-13(17)14(10-6-1-2-7-11-14)12-8-4-3-5-9-12;;;/h3-5,8-9H,1-2,6-7,10-11,15H2,(H,16,17);1H3;;1H/q;;+2;/p-2. The highest BCUT2D eigenvalue weighted by molar-refractivity contribution is 14.1. The van der Waals surface area contributed by atoms with Gasteiger partial charge in [-0.15, -0.1) is 0 Å². The third-order valence-corrected chi connectivity index (χ3v) is 7.11.